The van der Waals surface area contributed by atoms with E-state index in [0.29, 0.717) is 34.8 Å². The number of aryl methyl sites for hydroxylation is 1. The Morgan fingerprint density at radius 1 is 1.08 bits per heavy atom. The number of ether oxygens (including phenoxy) is 1. The summed E-state index contributed by atoms with van der Waals surface area (Å²) in [7, 11) is 1.58. The van der Waals surface area contributed by atoms with Crippen LogP contribution in [0.4, 0.5) is 0 Å². The lowest BCUT2D eigenvalue weighted by Crippen LogP contribution is -1.91. The first-order valence-corrected chi connectivity index (χ1v) is 8.59. The fraction of sp³-hybridized carbons (Fsp3) is 0.211. The van der Waals surface area contributed by atoms with E-state index >= 15 is 0 Å². The van der Waals surface area contributed by atoms with E-state index < -0.39 is 0 Å². The molecule has 4 rings (SSSR count). The van der Waals surface area contributed by atoms with Gasteiger partial charge in [0, 0.05) is 12.0 Å². The van der Waals surface area contributed by atoms with Crippen molar-refractivity contribution in [1.29, 1.82) is 0 Å². The van der Waals surface area contributed by atoms with E-state index in [2.05, 4.69) is 15.1 Å². The zero-order valence-corrected chi connectivity index (χ0v) is 15.1. The van der Waals surface area contributed by atoms with Crippen LogP contribution >= 0.6 is 11.6 Å². The van der Waals surface area contributed by atoms with Gasteiger partial charge in [0.1, 0.15) is 11.3 Å². The fourth-order valence-corrected chi connectivity index (χ4v) is 2.98. The molecule has 0 atom stereocenters. The first kappa shape index (κ1) is 16.6. The lowest BCUT2D eigenvalue weighted by atomic mass is 10.1. The number of hydrogen-bond donors (Lipinski definition) is 0. The Hall–Kier alpha value is -2.86. The van der Waals surface area contributed by atoms with Crippen molar-refractivity contribution in [1.82, 2.24) is 15.1 Å². The average molecular weight is 370 g/mol. The number of benzene rings is 2. The van der Waals surface area contributed by atoms with Crippen molar-refractivity contribution in [2.24, 2.45) is 0 Å². The molecule has 2 heterocycles. The van der Waals surface area contributed by atoms with Gasteiger partial charge in [-0.05, 0) is 35.9 Å². The molecule has 0 bridgehead atoms. The molecule has 7 heteroatoms. The molecule has 0 amide bonds. The second-order valence-electron chi connectivity index (χ2n) is 5.80. The summed E-state index contributed by atoms with van der Waals surface area (Å²) in [5.74, 6) is 2.37. The smallest absolute Gasteiger partial charge is 0.231 e. The quantitative estimate of drug-likeness (QED) is 0.508. The van der Waals surface area contributed by atoms with Crippen molar-refractivity contribution < 1.29 is 13.7 Å². The second-order valence-corrected chi connectivity index (χ2v) is 6.21. The lowest BCUT2D eigenvalue weighted by Gasteiger charge is -2.04. The highest BCUT2D eigenvalue weighted by Gasteiger charge is 2.13. The predicted molar refractivity (Wildman–Crippen MR) is 97.5 cm³/mol. The number of rotatable bonds is 5. The number of fused-ring (bicyclic) bond motifs is 1. The molecule has 6 nitrogen and oxygen atoms in total. The van der Waals surface area contributed by atoms with Crippen molar-refractivity contribution in [2.45, 2.75) is 19.8 Å². The predicted octanol–water partition coefficient (Wildman–Crippen LogP) is 4.69. The second kappa shape index (κ2) is 6.80. The number of aromatic nitrogens is 3. The maximum atomic E-state index is 6.16. The van der Waals surface area contributed by atoms with Crippen molar-refractivity contribution in [2.75, 3.05) is 7.11 Å². The summed E-state index contributed by atoms with van der Waals surface area (Å²) in [6, 6.07) is 11.2. The minimum absolute atomic E-state index is 0.489. The third-order valence-electron chi connectivity index (χ3n) is 4.03. The molecule has 132 valence electrons. The monoisotopic (exact) mass is 369 g/mol. The van der Waals surface area contributed by atoms with Gasteiger partial charge in [-0.15, -0.1) is 0 Å². The van der Waals surface area contributed by atoms with Crippen LogP contribution in [0.5, 0.6) is 5.75 Å². The molecule has 2 aromatic heterocycles. The molecule has 0 saturated heterocycles. The van der Waals surface area contributed by atoms with Gasteiger partial charge in [-0.25, -0.2) is 4.98 Å². The van der Waals surface area contributed by atoms with E-state index in [0.717, 1.165) is 28.6 Å². The van der Waals surface area contributed by atoms with E-state index in [1.165, 1.54) is 0 Å². The molecule has 4 aromatic rings. The SMILES string of the molecule is CCc1nc2cc(-c3noc(Cc4ccc(OC)c(Cl)c4)n3)ccc2o1. The number of hydrogen-bond acceptors (Lipinski definition) is 6. The van der Waals surface area contributed by atoms with Crippen LogP contribution in [0.15, 0.2) is 45.3 Å². The summed E-state index contributed by atoms with van der Waals surface area (Å²) in [5.41, 5.74) is 3.33. The number of oxazole rings is 1. The van der Waals surface area contributed by atoms with Crippen LogP contribution in [0.1, 0.15) is 24.3 Å². The molecule has 0 unspecified atom stereocenters. The molecule has 0 aliphatic heterocycles. The molecular formula is C19H16ClN3O3. The van der Waals surface area contributed by atoms with Gasteiger partial charge in [0.2, 0.25) is 11.7 Å². The van der Waals surface area contributed by atoms with Gasteiger partial charge in [0.15, 0.2) is 11.5 Å². The Kier molecular flexibility index (Phi) is 4.34. The highest BCUT2D eigenvalue weighted by Crippen LogP contribution is 2.27. The molecule has 0 radical (unpaired) electrons. The molecule has 0 saturated carbocycles. The van der Waals surface area contributed by atoms with E-state index in [-0.39, 0.29) is 0 Å². The van der Waals surface area contributed by atoms with Gasteiger partial charge in [0.25, 0.3) is 0 Å². The Balaban J connectivity index is 1.58. The average Bonchev–Trinajstić information content (AvgIpc) is 3.27. The van der Waals surface area contributed by atoms with Crippen molar-refractivity contribution in [3.05, 3.63) is 58.8 Å². The van der Waals surface area contributed by atoms with Crippen LogP contribution < -0.4 is 4.74 Å². The zero-order valence-electron chi connectivity index (χ0n) is 14.3. The maximum Gasteiger partial charge on any atom is 0.231 e. The van der Waals surface area contributed by atoms with Gasteiger partial charge in [-0.2, -0.15) is 4.98 Å². The lowest BCUT2D eigenvalue weighted by molar-refractivity contribution is 0.385. The molecule has 0 fully saturated rings. The number of halogens is 1. The largest absolute Gasteiger partial charge is 0.495 e. The van der Waals surface area contributed by atoms with E-state index in [9.17, 15) is 0 Å². The number of methoxy groups -OCH3 is 1. The minimum atomic E-state index is 0.489. The molecule has 2 aromatic carbocycles. The standard InChI is InChI=1S/C19H16ClN3O3/c1-3-17-21-14-10-12(5-7-16(14)25-17)19-22-18(26-23-19)9-11-4-6-15(24-2)13(20)8-11/h4-8,10H,3,9H2,1-2H3. The van der Waals surface area contributed by atoms with Gasteiger partial charge < -0.3 is 13.7 Å². The van der Waals surface area contributed by atoms with Crippen LogP contribution in [0, 0.1) is 0 Å². The highest BCUT2D eigenvalue weighted by atomic mass is 35.5. The summed E-state index contributed by atoms with van der Waals surface area (Å²) in [6.45, 7) is 2.00. The topological polar surface area (TPSA) is 74.2 Å². The zero-order chi connectivity index (χ0) is 18.1. The van der Waals surface area contributed by atoms with Gasteiger partial charge in [0.05, 0.1) is 18.6 Å². The van der Waals surface area contributed by atoms with E-state index in [4.69, 9.17) is 25.3 Å². The Morgan fingerprint density at radius 2 is 1.96 bits per heavy atom. The molecule has 0 spiro atoms. The summed E-state index contributed by atoms with van der Waals surface area (Å²) in [5, 5.41) is 4.62. The Bertz CT molecular complexity index is 1070. The van der Waals surface area contributed by atoms with E-state index in [1.807, 2.05) is 43.3 Å². The normalized spacial score (nSPS) is 11.2. The number of nitrogens with zero attached hydrogens (tertiary/aromatic N) is 3. The summed E-state index contributed by atoms with van der Waals surface area (Å²) < 4.78 is 16.2. The Morgan fingerprint density at radius 3 is 2.73 bits per heavy atom. The third kappa shape index (κ3) is 3.15. The van der Waals surface area contributed by atoms with Crippen LogP contribution in [-0.4, -0.2) is 22.2 Å². The first-order chi connectivity index (χ1) is 12.7. The Labute approximate surface area is 154 Å². The molecule has 26 heavy (non-hydrogen) atoms. The maximum absolute atomic E-state index is 6.16. The van der Waals surface area contributed by atoms with Crippen molar-refractivity contribution >= 4 is 22.7 Å². The molecule has 0 N–H and O–H groups in total. The minimum Gasteiger partial charge on any atom is -0.495 e. The van der Waals surface area contributed by atoms with Gasteiger partial charge in [-0.1, -0.05) is 29.7 Å². The van der Waals surface area contributed by atoms with Crippen LogP contribution in [0.3, 0.4) is 0 Å². The summed E-state index contributed by atoms with van der Waals surface area (Å²) in [4.78, 5) is 8.91. The summed E-state index contributed by atoms with van der Waals surface area (Å²) in [6.07, 6.45) is 1.24. The molecular weight excluding hydrogens is 354 g/mol. The first-order valence-electron chi connectivity index (χ1n) is 8.21. The van der Waals surface area contributed by atoms with Crippen LogP contribution in [0.25, 0.3) is 22.5 Å². The molecule has 0 aliphatic carbocycles. The van der Waals surface area contributed by atoms with Crippen LogP contribution in [-0.2, 0) is 12.8 Å². The van der Waals surface area contributed by atoms with Crippen LogP contribution in [0.2, 0.25) is 5.02 Å². The van der Waals surface area contributed by atoms with Gasteiger partial charge in [-0.3, -0.25) is 0 Å². The third-order valence-corrected chi connectivity index (χ3v) is 4.33. The molecule has 0 aliphatic rings. The summed E-state index contributed by atoms with van der Waals surface area (Å²) >= 11 is 6.16. The van der Waals surface area contributed by atoms with Crippen molar-refractivity contribution in [3.8, 4) is 17.1 Å². The highest BCUT2D eigenvalue weighted by molar-refractivity contribution is 6.32. The van der Waals surface area contributed by atoms with Crippen molar-refractivity contribution in [3.63, 3.8) is 0 Å². The fourth-order valence-electron chi connectivity index (χ4n) is 2.70. The van der Waals surface area contributed by atoms with E-state index in [1.54, 1.807) is 7.11 Å². The van der Waals surface area contributed by atoms with Gasteiger partial charge >= 0.3 is 0 Å².